The Morgan fingerprint density at radius 1 is 0.604 bits per heavy atom. The predicted octanol–water partition coefficient (Wildman–Crippen LogP) is -1.49. The highest BCUT2D eigenvalue weighted by Gasteiger charge is 2.32. The number of carbonyl (C=O) groups excluding carboxylic acids is 5. The van der Waals surface area contributed by atoms with Crippen molar-refractivity contribution in [3.05, 3.63) is 77.9 Å². The highest BCUT2D eigenvalue weighted by atomic mass is 16.3. The second kappa shape index (κ2) is 19.3. The number of phenolic OH excluding ortho intramolecular Hbond substituents is 1. The Kier molecular flexibility index (Phi) is 14.3. The Morgan fingerprint density at radius 3 is 1.68 bits per heavy atom. The lowest BCUT2D eigenvalue weighted by atomic mass is 10.0. The van der Waals surface area contributed by atoms with Crippen LogP contribution in [0.15, 0.2) is 76.7 Å². The number of aliphatic imine (C=N–C) groups is 2. The number of amides is 5. The van der Waals surface area contributed by atoms with E-state index in [4.69, 9.17) is 22.9 Å². The molecule has 0 saturated carbocycles. The number of nitrogens with zero attached hydrogens (tertiary/aromatic N) is 2. The molecule has 4 atom stereocenters. The molecule has 3 aromatic rings. The van der Waals surface area contributed by atoms with E-state index >= 15 is 0 Å². The van der Waals surface area contributed by atoms with E-state index in [1.807, 2.05) is 42.5 Å². The molecular formula is C36H47N11O6. The third-order valence-corrected chi connectivity index (χ3v) is 8.49. The summed E-state index contributed by atoms with van der Waals surface area (Å²) >= 11 is 0. The molecule has 282 valence electrons. The van der Waals surface area contributed by atoms with Crippen LogP contribution in [0, 0.1) is 0 Å². The van der Waals surface area contributed by atoms with Gasteiger partial charge >= 0.3 is 0 Å². The van der Waals surface area contributed by atoms with Crippen LogP contribution in [0.1, 0.15) is 36.8 Å². The van der Waals surface area contributed by atoms with Crippen molar-refractivity contribution in [2.24, 2.45) is 32.9 Å². The fourth-order valence-electron chi connectivity index (χ4n) is 5.79. The molecule has 0 radical (unpaired) electrons. The molecule has 14 N–H and O–H groups in total. The number of fused-ring (bicyclic) bond motifs is 1. The number of nitrogens with two attached hydrogens (primary N) is 4. The van der Waals surface area contributed by atoms with Gasteiger partial charge in [0.25, 0.3) is 0 Å². The summed E-state index contributed by atoms with van der Waals surface area (Å²) in [6.07, 6.45) is 0.769. The zero-order valence-electron chi connectivity index (χ0n) is 29.2. The van der Waals surface area contributed by atoms with Crippen LogP contribution < -0.4 is 49.5 Å². The number of hydrogen-bond donors (Lipinski definition) is 10. The van der Waals surface area contributed by atoms with E-state index in [0.717, 1.165) is 16.3 Å². The summed E-state index contributed by atoms with van der Waals surface area (Å²) < 4.78 is 0. The molecule has 1 fully saturated rings. The van der Waals surface area contributed by atoms with Crippen LogP contribution >= 0.6 is 0 Å². The van der Waals surface area contributed by atoms with E-state index in [-0.39, 0.29) is 69.3 Å². The van der Waals surface area contributed by atoms with E-state index in [9.17, 15) is 29.1 Å². The highest BCUT2D eigenvalue weighted by Crippen LogP contribution is 2.17. The maximum atomic E-state index is 13.9. The summed E-state index contributed by atoms with van der Waals surface area (Å²) in [6, 6.07) is 14.7. The molecule has 0 aliphatic carbocycles. The number of guanidine groups is 2. The van der Waals surface area contributed by atoms with Crippen LogP contribution in [0.2, 0.25) is 0 Å². The van der Waals surface area contributed by atoms with Crippen molar-refractivity contribution in [2.45, 2.75) is 62.7 Å². The van der Waals surface area contributed by atoms with E-state index in [2.05, 4.69) is 36.6 Å². The summed E-state index contributed by atoms with van der Waals surface area (Å²) in [5.74, 6) is -3.66. The minimum absolute atomic E-state index is 0.00775. The first-order valence-corrected chi connectivity index (χ1v) is 17.2. The molecule has 0 unspecified atom stereocenters. The molecule has 53 heavy (non-hydrogen) atoms. The standard InChI is InChI=1S/C36H47N11O6/c37-35(38)41-15-3-7-26-32(51)45-27(8-4-16-42-36(39)40)33(52)47-28(18-21-10-13-25(48)14-11-21)31(50)43-20-30(49)44-29(34(53)46-26)19-22-9-12-23-5-1-2-6-24(23)17-22/h1-2,5-6,9-14,17,26-29,48H,3-4,7-8,15-16,18-20H2,(H,43,50)(H,44,49)(H,45,51)(H,46,53)(H,47,52)(H4,37,38,41)(H4,39,40,42)/t26-,27+,28-,29+/m1/s1. The molecule has 1 heterocycles. The van der Waals surface area contributed by atoms with Crippen molar-refractivity contribution in [2.75, 3.05) is 19.6 Å². The fraction of sp³-hybridized carbons (Fsp3) is 0.361. The number of carbonyl (C=O) groups is 5. The molecule has 1 aliphatic rings. The van der Waals surface area contributed by atoms with E-state index in [1.54, 1.807) is 12.1 Å². The van der Waals surface area contributed by atoms with Crippen molar-refractivity contribution in [3.63, 3.8) is 0 Å². The summed E-state index contributed by atoms with van der Waals surface area (Å²) in [6.45, 7) is -0.194. The summed E-state index contributed by atoms with van der Waals surface area (Å²) in [5, 5.41) is 25.1. The van der Waals surface area contributed by atoms with Crippen molar-refractivity contribution in [1.82, 2.24) is 26.6 Å². The number of phenols is 1. The van der Waals surface area contributed by atoms with Gasteiger partial charge in [-0.3, -0.25) is 34.0 Å². The molecule has 17 nitrogen and oxygen atoms in total. The SMILES string of the molecule is NC(N)=NCCC[C@@H]1NC(=O)[C@@H](CCCN=C(N)N)NC(=O)[C@H](Cc2ccc3ccccc3c2)NC(=O)CNC(=O)[C@@H](Cc2ccc(O)cc2)NC1=O. The second-order valence-corrected chi connectivity index (χ2v) is 12.7. The lowest BCUT2D eigenvalue weighted by Crippen LogP contribution is -2.58. The Balaban J connectivity index is 1.68. The Hall–Kier alpha value is -6.39. The zero-order chi connectivity index (χ0) is 38.3. The number of hydrogen-bond acceptors (Lipinski definition) is 8. The van der Waals surface area contributed by atoms with Crippen LogP contribution in [0.3, 0.4) is 0 Å². The van der Waals surface area contributed by atoms with Gasteiger partial charge in [-0.05, 0) is 59.7 Å². The van der Waals surface area contributed by atoms with Crippen molar-refractivity contribution in [1.29, 1.82) is 0 Å². The van der Waals surface area contributed by atoms with E-state index in [1.165, 1.54) is 12.1 Å². The van der Waals surface area contributed by atoms with Gasteiger partial charge in [-0.15, -0.1) is 0 Å². The molecule has 0 bridgehead atoms. The fourth-order valence-corrected chi connectivity index (χ4v) is 5.79. The lowest BCUT2D eigenvalue weighted by molar-refractivity contribution is -0.134. The number of nitrogens with one attached hydrogen (secondary N) is 5. The first-order chi connectivity index (χ1) is 25.4. The van der Waals surface area contributed by atoms with Crippen LogP contribution in [-0.4, -0.2) is 90.4 Å². The summed E-state index contributed by atoms with van der Waals surface area (Å²) in [7, 11) is 0. The quantitative estimate of drug-likeness (QED) is 0.0585. The van der Waals surface area contributed by atoms with E-state index < -0.39 is 60.2 Å². The van der Waals surface area contributed by atoms with Gasteiger partial charge in [0.05, 0.1) is 6.54 Å². The van der Waals surface area contributed by atoms with Gasteiger partial charge in [-0.2, -0.15) is 0 Å². The van der Waals surface area contributed by atoms with Gasteiger partial charge in [0.15, 0.2) is 11.9 Å². The van der Waals surface area contributed by atoms with Crippen molar-refractivity contribution < 1.29 is 29.1 Å². The van der Waals surface area contributed by atoms with Crippen LogP contribution in [0.25, 0.3) is 10.8 Å². The van der Waals surface area contributed by atoms with Crippen molar-refractivity contribution in [3.8, 4) is 5.75 Å². The maximum absolute atomic E-state index is 13.9. The van der Waals surface area contributed by atoms with Gasteiger partial charge in [0.2, 0.25) is 29.5 Å². The Labute approximate surface area is 306 Å². The van der Waals surface area contributed by atoms with Crippen molar-refractivity contribution >= 4 is 52.2 Å². The van der Waals surface area contributed by atoms with Gasteiger partial charge < -0.3 is 54.6 Å². The topological polar surface area (TPSA) is 295 Å². The molecule has 1 aliphatic heterocycles. The van der Waals surface area contributed by atoms with Gasteiger partial charge in [-0.1, -0.05) is 54.6 Å². The first kappa shape index (κ1) is 39.4. The molecule has 0 spiro atoms. The smallest absolute Gasteiger partial charge is 0.243 e. The largest absolute Gasteiger partial charge is 0.508 e. The number of rotatable bonds is 12. The zero-order valence-corrected chi connectivity index (χ0v) is 29.2. The molecule has 4 rings (SSSR count). The lowest BCUT2D eigenvalue weighted by Gasteiger charge is -2.26. The minimum atomic E-state index is -1.19. The molecule has 17 heteroatoms. The molecule has 0 aromatic heterocycles. The average Bonchev–Trinajstić information content (AvgIpc) is 3.12. The number of benzene rings is 3. The Morgan fingerprint density at radius 2 is 1.09 bits per heavy atom. The van der Waals surface area contributed by atoms with E-state index in [0.29, 0.717) is 5.56 Å². The Bertz CT molecular complexity index is 1820. The molecule has 5 amide bonds. The predicted molar refractivity (Wildman–Crippen MR) is 200 cm³/mol. The minimum Gasteiger partial charge on any atom is -0.508 e. The van der Waals surface area contributed by atoms with Crippen LogP contribution in [-0.2, 0) is 36.8 Å². The van der Waals surface area contributed by atoms with Gasteiger partial charge in [-0.25, -0.2) is 0 Å². The third-order valence-electron chi connectivity index (χ3n) is 8.49. The first-order valence-electron chi connectivity index (χ1n) is 17.2. The third kappa shape index (κ3) is 12.7. The van der Waals surface area contributed by atoms with Gasteiger partial charge in [0.1, 0.15) is 29.9 Å². The maximum Gasteiger partial charge on any atom is 0.243 e. The monoisotopic (exact) mass is 729 g/mol. The highest BCUT2D eigenvalue weighted by molar-refractivity contribution is 5.97. The molecule has 3 aromatic carbocycles. The number of aromatic hydroxyl groups is 1. The second-order valence-electron chi connectivity index (χ2n) is 12.7. The molecular weight excluding hydrogens is 682 g/mol. The summed E-state index contributed by atoms with van der Waals surface area (Å²) in [5.41, 5.74) is 23.2. The normalized spacial score (nSPS) is 20.0. The van der Waals surface area contributed by atoms with Crippen LogP contribution in [0.4, 0.5) is 0 Å². The average molecular weight is 730 g/mol. The molecule has 1 saturated heterocycles. The van der Waals surface area contributed by atoms with Crippen LogP contribution in [0.5, 0.6) is 5.75 Å². The summed E-state index contributed by atoms with van der Waals surface area (Å²) in [4.78, 5) is 76.4. The van der Waals surface area contributed by atoms with Gasteiger partial charge in [0, 0.05) is 25.9 Å².